The van der Waals surface area contributed by atoms with Crippen molar-refractivity contribution in [3.63, 3.8) is 0 Å². The maximum absolute atomic E-state index is 13.0. The molecule has 1 amide bonds. The fourth-order valence-electron chi connectivity index (χ4n) is 3.59. The summed E-state index contributed by atoms with van der Waals surface area (Å²) >= 11 is 6.58. The largest absolute Gasteiger partial charge is 0.497 e. The minimum atomic E-state index is -0.371. The Bertz CT molecular complexity index is 1230. The first-order valence-electron chi connectivity index (χ1n) is 10.6. The SMILES string of the molecule is CCn1c(NCc2ccc(OC)cc2)c(/C=C2/SC(=S)N(CCOC)C2=O)c(C)c(C#N)c1=O. The van der Waals surface area contributed by atoms with Crippen LogP contribution in [-0.2, 0) is 22.6 Å². The number of methoxy groups -OCH3 is 2. The summed E-state index contributed by atoms with van der Waals surface area (Å²) in [6.45, 7) is 5.07. The molecule has 3 rings (SSSR count). The topological polar surface area (TPSA) is 96.6 Å². The molecule has 1 aromatic heterocycles. The van der Waals surface area contributed by atoms with Gasteiger partial charge in [-0.15, -0.1) is 0 Å². The lowest BCUT2D eigenvalue weighted by Crippen LogP contribution is -2.31. The van der Waals surface area contributed by atoms with Crippen LogP contribution in [0.5, 0.6) is 5.75 Å². The molecule has 1 aromatic carbocycles. The number of nitriles is 1. The Morgan fingerprint density at radius 2 is 1.94 bits per heavy atom. The van der Waals surface area contributed by atoms with Gasteiger partial charge in [0, 0.05) is 25.8 Å². The highest BCUT2D eigenvalue weighted by atomic mass is 32.2. The summed E-state index contributed by atoms with van der Waals surface area (Å²) < 4.78 is 12.3. The summed E-state index contributed by atoms with van der Waals surface area (Å²) in [5.74, 6) is 1.07. The summed E-state index contributed by atoms with van der Waals surface area (Å²) in [7, 11) is 3.17. The van der Waals surface area contributed by atoms with E-state index in [2.05, 4.69) is 5.32 Å². The average Bonchev–Trinajstić information content (AvgIpc) is 3.10. The van der Waals surface area contributed by atoms with Crippen molar-refractivity contribution in [1.29, 1.82) is 5.26 Å². The number of amides is 1. The van der Waals surface area contributed by atoms with Gasteiger partial charge in [0.25, 0.3) is 11.5 Å². The minimum absolute atomic E-state index is 0.0537. The molecule has 1 aliphatic heterocycles. The van der Waals surface area contributed by atoms with Crippen LogP contribution >= 0.6 is 24.0 Å². The number of rotatable bonds is 9. The Kier molecular flexibility index (Phi) is 8.50. The fraction of sp³-hybridized carbons (Fsp3) is 0.333. The lowest BCUT2D eigenvalue weighted by atomic mass is 10.0. The standard InChI is InChI=1S/C24H26N4O4S2/c1-5-27-21(26-14-16-6-8-17(32-4)9-7-16)18(15(2)19(13-25)22(27)29)12-20-23(30)28(10-11-31-3)24(33)34-20/h6-9,12,26H,5,10-11,14H2,1-4H3/b20-12+. The molecule has 0 saturated carbocycles. The summed E-state index contributed by atoms with van der Waals surface area (Å²) in [6.07, 6.45) is 1.71. The van der Waals surface area contributed by atoms with Gasteiger partial charge in [-0.25, -0.2) is 0 Å². The molecule has 1 N–H and O–H groups in total. The van der Waals surface area contributed by atoms with E-state index in [1.165, 1.54) is 21.2 Å². The first-order valence-corrected chi connectivity index (χ1v) is 11.9. The predicted molar refractivity (Wildman–Crippen MR) is 138 cm³/mol. The molecule has 0 radical (unpaired) electrons. The first-order chi connectivity index (χ1) is 16.4. The molecule has 0 spiro atoms. The van der Waals surface area contributed by atoms with Crippen LogP contribution in [0.2, 0.25) is 0 Å². The maximum Gasteiger partial charge on any atom is 0.270 e. The fourth-order valence-corrected chi connectivity index (χ4v) is 4.88. The zero-order valence-corrected chi connectivity index (χ0v) is 21.1. The van der Waals surface area contributed by atoms with Crippen LogP contribution in [0.15, 0.2) is 34.0 Å². The summed E-state index contributed by atoms with van der Waals surface area (Å²) in [6, 6.07) is 9.60. The van der Waals surface area contributed by atoms with E-state index in [1.54, 1.807) is 27.2 Å². The van der Waals surface area contributed by atoms with Gasteiger partial charge >= 0.3 is 0 Å². The molecule has 0 atom stereocenters. The van der Waals surface area contributed by atoms with Gasteiger partial charge in [0.15, 0.2) is 0 Å². The molecule has 8 nitrogen and oxygen atoms in total. The molecule has 0 aliphatic carbocycles. The van der Waals surface area contributed by atoms with Crippen molar-refractivity contribution in [3.8, 4) is 11.8 Å². The van der Waals surface area contributed by atoms with E-state index in [-0.39, 0.29) is 17.0 Å². The molecule has 34 heavy (non-hydrogen) atoms. The van der Waals surface area contributed by atoms with Crippen molar-refractivity contribution in [3.05, 3.63) is 61.8 Å². The highest BCUT2D eigenvalue weighted by Gasteiger charge is 2.32. The van der Waals surface area contributed by atoms with Crippen molar-refractivity contribution in [2.75, 3.05) is 32.7 Å². The van der Waals surface area contributed by atoms with Gasteiger partial charge in [0.2, 0.25) is 0 Å². The molecular weight excluding hydrogens is 472 g/mol. The zero-order chi connectivity index (χ0) is 24.8. The third kappa shape index (κ3) is 5.17. The van der Waals surface area contributed by atoms with Crippen LogP contribution in [0.4, 0.5) is 5.82 Å². The summed E-state index contributed by atoms with van der Waals surface area (Å²) in [5.41, 5.74) is 1.78. The number of thiocarbonyl (C=S) groups is 1. The molecule has 1 fully saturated rings. The second-order valence-corrected chi connectivity index (χ2v) is 9.13. The molecule has 2 heterocycles. The van der Waals surface area contributed by atoms with Gasteiger partial charge in [0.1, 0.15) is 27.5 Å². The molecular formula is C24H26N4O4S2. The molecule has 1 aliphatic rings. The number of aromatic nitrogens is 1. The monoisotopic (exact) mass is 498 g/mol. The number of carbonyl (C=O) groups is 1. The Balaban J connectivity index is 2.07. The number of benzene rings is 1. The molecule has 10 heteroatoms. The Labute approximate surface area is 208 Å². The molecule has 2 aromatic rings. The van der Waals surface area contributed by atoms with E-state index in [4.69, 9.17) is 21.7 Å². The number of nitrogens with one attached hydrogen (secondary N) is 1. The highest BCUT2D eigenvalue weighted by Crippen LogP contribution is 2.35. The number of anilines is 1. The maximum atomic E-state index is 13.0. The predicted octanol–water partition coefficient (Wildman–Crippen LogP) is 3.52. The van der Waals surface area contributed by atoms with Crippen molar-refractivity contribution in [2.45, 2.75) is 26.9 Å². The van der Waals surface area contributed by atoms with Crippen LogP contribution in [-0.4, -0.2) is 47.1 Å². The van der Waals surface area contributed by atoms with Crippen LogP contribution < -0.4 is 15.6 Å². The molecule has 0 bridgehead atoms. The number of nitrogens with zero attached hydrogens (tertiary/aromatic N) is 3. The molecule has 178 valence electrons. The average molecular weight is 499 g/mol. The van der Waals surface area contributed by atoms with Gasteiger partial charge < -0.3 is 14.8 Å². The Hall–Kier alpha value is -3.13. The highest BCUT2D eigenvalue weighted by molar-refractivity contribution is 8.26. The Morgan fingerprint density at radius 3 is 2.53 bits per heavy atom. The number of ether oxygens (including phenoxy) is 2. The second-order valence-electron chi connectivity index (χ2n) is 7.45. The minimum Gasteiger partial charge on any atom is -0.497 e. The van der Waals surface area contributed by atoms with Crippen molar-refractivity contribution < 1.29 is 14.3 Å². The van der Waals surface area contributed by atoms with E-state index in [9.17, 15) is 14.9 Å². The first kappa shape index (κ1) is 25.5. The van der Waals surface area contributed by atoms with Crippen molar-refractivity contribution in [1.82, 2.24) is 9.47 Å². The van der Waals surface area contributed by atoms with Gasteiger partial charge in [-0.3, -0.25) is 19.1 Å². The van der Waals surface area contributed by atoms with E-state index < -0.39 is 0 Å². The third-order valence-electron chi connectivity index (χ3n) is 5.48. The van der Waals surface area contributed by atoms with E-state index >= 15 is 0 Å². The number of carbonyl (C=O) groups excluding carboxylic acids is 1. The smallest absolute Gasteiger partial charge is 0.270 e. The van der Waals surface area contributed by atoms with E-state index in [0.717, 1.165) is 11.3 Å². The van der Waals surface area contributed by atoms with Gasteiger partial charge in [-0.2, -0.15) is 5.26 Å². The number of thioether (sulfide) groups is 1. The zero-order valence-electron chi connectivity index (χ0n) is 19.5. The van der Waals surface area contributed by atoms with Crippen LogP contribution in [0, 0.1) is 18.3 Å². The van der Waals surface area contributed by atoms with E-state index in [1.807, 2.05) is 37.3 Å². The number of pyridine rings is 1. The number of hydrogen-bond donors (Lipinski definition) is 1. The van der Waals surface area contributed by atoms with Crippen molar-refractivity contribution in [2.24, 2.45) is 0 Å². The van der Waals surface area contributed by atoms with Gasteiger partial charge in [-0.05, 0) is 43.2 Å². The normalized spacial score (nSPS) is 14.6. The quantitative estimate of drug-likeness (QED) is 0.414. The Morgan fingerprint density at radius 1 is 1.24 bits per heavy atom. The second kappa shape index (κ2) is 11.3. The summed E-state index contributed by atoms with van der Waals surface area (Å²) in [5, 5.41) is 13.0. The third-order valence-corrected chi connectivity index (χ3v) is 6.86. The molecule has 1 saturated heterocycles. The lowest BCUT2D eigenvalue weighted by molar-refractivity contribution is -0.122. The molecule has 0 unspecified atom stereocenters. The van der Waals surface area contributed by atoms with Crippen LogP contribution in [0.25, 0.3) is 6.08 Å². The van der Waals surface area contributed by atoms with Crippen LogP contribution in [0.3, 0.4) is 0 Å². The summed E-state index contributed by atoms with van der Waals surface area (Å²) in [4.78, 5) is 27.9. The number of hydrogen-bond acceptors (Lipinski definition) is 8. The van der Waals surface area contributed by atoms with Crippen LogP contribution in [0.1, 0.15) is 29.2 Å². The van der Waals surface area contributed by atoms with Crippen molar-refractivity contribution >= 4 is 46.1 Å². The van der Waals surface area contributed by atoms with E-state index in [0.29, 0.717) is 52.4 Å². The van der Waals surface area contributed by atoms with Gasteiger partial charge in [0.05, 0.1) is 25.2 Å². The lowest BCUT2D eigenvalue weighted by Gasteiger charge is -2.19. The van der Waals surface area contributed by atoms with Gasteiger partial charge in [-0.1, -0.05) is 36.1 Å².